The van der Waals surface area contributed by atoms with E-state index in [9.17, 15) is 9.59 Å². The van der Waals surface area contributed by atoms with Gasteiger partial charge >= 0.3 is 12.0 Å². The average Bonchev–Trinajstić information content (AvgIpc) is 2.54. The molecule has 1 aromatic heterocycles. The molecule has 0 radical (unpaired) electrons. The van der Waals surface area contributed by atoms with Gasteiger partial charge < -0.3 is 20.5 Å². The Labute approximate surface area is 146 Å². The van der Waals surface area contributed by atoms with Crippen molar-refractivity contribution in [2.24, 2.45) is 0 Å². The molecule has 0 saturated carbocycles. The van der Waals surface area contributed by atoms with Crippen molar-refractivity contribution in [2.75, 3.05) is 5.32 Å². The summed E-state index contributed by atoms with van der Waals surface area (Å²) >= 11 is 0. The van der Waals surface area contributed by atoms with E-state index in [2.05, 4.69) is 15.6 Å². The van der Waals surface area contributed by atoms with Gasteiger partial charge in [0.2, 0.25) is 5.88 Å². The summed E-state index contributed by atoms with van der Waals surface area (Å²) in [6.07, 6.45) is 1.84. The number of pyridine rings is 1. The van der Waals surface area contributed by atoms with Crippen molar-refractivity contribution in [1.82, 2.24) is 10.3 Å². The second-order valence-corrected chi connectivity index (χ2v) is 6.15. The summed E-state index contributed by atoms with van der Waals surface area (Å²) in [4.78, 5) is 26.9. The van der Waals surface area contributed by atoms with Gasteiger partial charge in [-0.15, -0.1) is 0 Å². The van der Waals surface area contributed by atoms with Gasteiger partial charge in [-0.1, -0.05) is 18.2 Å². The highest BCUT2D eigenvalue weighted by Gasteiger charge is 2.21. The quantitative estimate of drug-likeness (QED) is 0.712. The minimum absolute atomic E-state index is 0.0163. The van der Waals surface area contributed by atoms with Crippen LogP contribution in [0.25, 0.3) is 0 Å². The molecule has 0 aliphatic heterocycles. The predicted molar refractivity (Wildman–Crippen MR) is 93.9 cm³/mol. The van der Waals surface area contributed by atoms with E-state index in [1.165, 1.54) is 6.20 Å². The number of carbonyl (C=O) groups is 2. The third-order valence-corrected chi connectivity index (χ3v) is 3.37. The van der Waals surface area contributed by atoms with E-state index in [0.29, 0.717) is 23.7 Å². The van der Waals surface area contributed by atoms with Crippen LogP contribution >= 0.6 is 0 Å². The number of urea groups is 1. The van der Waals surface area contributed by atoms with Gasteiger partial charge in [0.05, 0.1) is 0 Å². The number of aliphatic carboxylic acids is 1. The molecule has 0 fully saturated rings. The minimum atomic E-state index is -0.896. The van der Waals surface area contributed by atoms with Crippen molar-refractivity contribution in [3.05, 3.63) is 48.7 Å². The molecule has 0 aliphatic rings. The number of benzene rings is 1. The number of carbonyl (C=O) groups excluding carboxylic acids is 1. The summed E-state index contributed by atoms with van der Waals surface area (Å²) in [6.45, 7) is 3.54. The third-order valence-electron chi connectivity index (χ3n) is 3.37. The zero-order valence-corrected chi connectivity index (χ0v) is 14.2. The fraction of sp³-hybridized carbons (Fsp3) is 0.278. The molecule has 0 bridgehead atoms. The first-order chi connectivity index (χ1) is 11.8. The third kappa shape index (κ3) is 6.50. The van der Waals surface area contributed by atoms with Crippen LogP contribution in [0.3, 0.4) is 0 Å². The van der Waals surface area contributed by atoms with E-state index in [-0.39, 0.29) is 6.42 Å². The lowest BCUT2D eigenvalue weighted by Crippen LogP contribution is -2.45. The molecule has 2 rings (SSSR count). The molecule has 2 aromatic rings. The second kappa shape index (κ2) is 8.14. The van der Waals surface area contributed by atoms with Gasteiger partial charge in [-0.25, -0.2) is 9.78 Å². The Bertz CT molecular complexity index is 732. The van der Waals surface area contributed by atoms with Crippen LogP contribution in [0.4, 0.5) is 10.5 Å². The average molecular weight is 343 g/mol. The van der Waals surface area contributed by atoms with E-state index in [0.717, 1.165) is 0 Å². The number of nitrogens with one attached hydrogen (secondary N) is 2. The lowest BCUT2D eigenvalue weighted by molar-refractivity contribution is -0.137. The molecule has 1 aromatic carbocycles. The molecule has 132 valence electrons. The zero-order valence-electron chi connectivity index (χ0n) is 14.2. The number of hydrogen-bond donors (Lipinski definition) is 3. The standard InChI is InChI=1S/C18H21N3O4/c1-18(2,10-8-16(22)23)21-17(24)20-13-9-11-19-15(12-13)25-14-6-4-3-5-7-14/h3-7,9,11-12H,8,10H2,1-2H3,(H,22,23)(H2,19,20,21,24). The van der Waals surface area contributed by atoms with E-state index in [4.69, 9.17) is 9.84 Å². The van der Waals surface area contributed by atoms with Gasteiger partial charge in [-0.2, -0.15) is 0 Å². The first kappa shape index (κ1) is 18.3. The number of anilines is 1. The topological polar surface area (TPSA) is 101 Å². The number of carboxylic acid groups (broad SMARTS) is 1. The lowest BCUT2D eigenvalue weighted by atomic mass is 9.99. The van der Waals surface area contributed by atoms with Gasteiger partial charge in [0.1, 0.15) is 5.75 Å². The number of ether oxygens (including phenoxy) is 1. The van der Waals surface area contributed by atoms with Gasteiger partial charge in [0, 0.05) is 29.9 Å². The second-order valence-electron chi connectivity index (χ2n) is 6.15. The Morgan fingerprint density at radius 1 is 1.20 bits per heavy atom. The van der Waals surface area contributed by atoms with Crippen LogP contribution in [-0.4, -0.2) is 27.6 Å². The van der Waals surface area contributed by atoms with Crippen LogP contribution < -0.4 is 15.4 Å². The molecule has 0 atom stereocenters. The molecule has 3 N–H and O–H groups in total. The number of rotatable bonds is 7. The first-order valence-corrected chi connectivity index (χ1v) is 7.84. The largest absolute Gasteiger partial charge is 0.481 e. The number of aromatic nitrogens is 1. The molecule has 0 aliphatic carbocycles. The fourth-order valence-electron chi connectivity index (χ4n) is 2.10. The van der Waals surface area contributed by atoms with Crippen LogP contribution in [0.2, 0.25) is 0 Å². The maximum absolute atomic E-state index is 12.1. The molecule has 7 nitrogen and oxygen atoms in total. The summed E-state index contributed by atoms with van der Waals surface area (Å²) in [5.74, 6) is 0.104. The van der Waals surface area contributed by atoms with Gasteiger partial charge in [-0.3, -0.25) is 4.79 Å². The highest BCUT2D eigenvalue weighted by molar-refractivity contribution is 5.89. The van der Waals surface area contributed by atoms with Crippen molar-refractivity contribution in [2.45, 2.75) is 32.2 Å². The Morgan fingerprint density at radius 2 is 1.92 bits per heavy atom. The zero-order chi connectivity index (χ0) is 18.3. The number of carboxylic acids is 1. The summed E-state index contributed by atoms with van der Waals surface area (Å²) in [6, 6.07) is 12.0. The number of hydrogen-bond acceptors (Lipinski definition) is 4. The van der Waals surface area contributed by atoms with Gasteiger partial charge in [0.15, 0.2) is 0 Å². The van der Waals surface area contributed by atoms with Crippen molar-refractivity contribution in [1.29, 1.82) is 0 Å². The summed E-state index contributed by atoms with van der Waals surface area (Å²) in [5, 5.41) is 14.2. The van der Waals surface area contributed by atoms with E-state index < -0.39 is 17.5 Å². The molecule has 7 heteroatoms. The molecule has 0 saturated heterocycles. The van der Waals surface area contributed by atoms with Crippen molar-refractivity contribution >= 4 is 17.7 Å². The Hall–Kier alpha value is -3.09. The van der Waals surface area contributed by atoms with Crippen molar-refractivity contribution in [3.63, 3.8) is 0 Å². The van der Waals surface area contributed by atoms with Crippen LogP contribution in [-0.2, 0) is 4.79 Å². The molecular weight excluding hydrogens is 322 g/mol. The minimum Gasteiger partial charge on any atom is -0.481 e. The lowest BCUT2D eigenvalue weighted by Gasteiger charge is -2.25. The predicted octanol–water partition coefficient (Wildman–Crippen LogP) is 3.64. The van der Waals surface area contributed by atoms with E-state index >= 15 is 0 Å². The Morgan fingerprint density at radius 3 is 2.60 bits per heavy atom. The van der Waals surface area contributed by atoms with Crippen molar-refractivity contribution in [3.8, 4) is 11.6 Å². The van der Waals surface area contributed by atoms with Crippen LogP contribution in [0.15, 0.2) is 48.7 Å². The van der Waals surface area contributed by atoms with Crippen LogP contribution in [0.5, 0.6) is 11.6 Å². The SMILES string of the molecule is CC(C)(CCC(=O)O)NC(=O)Nc1ccnc(Oc2ccccc2)c1. The number of para-hydroxylation sites is 1. The van der Waals surface area contributed by atoms with Crippen LogP contribution in [0, 0.1) is 0 Å². The fourth-order valence-corrected chi connectivity index (χ4v) is 2.10. The Kier molecular flexibility index (Phi) is 5.94. The molecule has 1 heterocycles. The highest BCUT2D eigenvalue weighted by atomic mass is 16.5. The van der Waals surface area contributed by atoms with Gasteiger partial charge in [0.25, 0.3) is 0 Å². The monoisotopic (exact) mass is 343 g/mol. The van der Waals surface area contributed by atoms with Crippen molar-refractivity contribution < 1.29 is 19.4 Å². The molecule has 0 spiro atoms. The van der Waals surface area contributed by atoms with Crippen LogP contribution in [0.1, 0.15) is 26.7 Å². The molecular formula is C18H21N3O4. The molecule has 0 unspecified atom stereocenters. The summed E-state index contributed by atoms with van der Waals surface area (Å²) in [5.41, 5.74) is -0.119. The number of nitrogens with zero attached hydrogens (tertiary/aromatic N) is 1. The maximum Gasteiger partial charge on any atom is 0.319 e. The van der Waals surface area contributed by atoms with Gasteiger partial charge in [-0.05, 0) is 38.5 Å². The number of amides is 2. The smallest absolute Gasteiger partial charge is 0.319 e. The van der Waals surface area contributed by atoms with E-state index in [1.807, 2.05) is 18.2 Å². The summed E-state index contributed by atoms with van der Waals surface area (Å²) in [7, 11) is 0. The molecule has 25 heavy (non-hydrogen) atoms. The molecule has 2 amide bonds. The first-order valence-electron chi connectivity index (χ1n) is 7.84. The highest BCUT2D eigenvalue weighted by Crippen LogP contribution is 2.21. The maximum atomic E-state index is 12.1. The Balaban J connectivity index is 1.94. The van der Waals surface area contributed by atoms with E-state index in [1.54, 1.807) is 38.1 Å². The summed E-state index contributed by atoms with van der Waals surface area (Å²) < 4.78 is 5.62. The normalized spacial score (nSPS) is 10.8.